The van der Waals surface area contributed by atoms with Crippen molar-refractivity contribution in [1.82, 2.24) is 4.90 Å². The fraction of sp³-hybridized carbons (Fsp3) is 1.00. The molecular weight excluding hydrogens is 186 g/mol. The summed E-state index contributed by atoms with van der Waals surface area (Å²) in [4.78, 5) is 2.49. The van der Waals surface area contributed by atoms with Crippen molar-refractivity contribution in [3.8, 4) is 0 Å². The SMILES string of the molecule is CCCC(C)C1C(C(C)C)OCCN1C. The van der Waals surface area contributed by atoms with E-state index < -0.39 is 0 Å². The van der Waals surface area contributed by atoms with Crippen LogP contribution in [0.25, 0.3) is 0 Å². The van der Waals surface area contributed by atoms with Gasteiger partial charge < -0.3 is 4.74 Å². The maximum Gasteiger partial charge on any atom is 0.0756 e. The zero-order chi connectivity index (χ0) is 11.4. The molecule has 0 aromatic heterocycles. The first kappa shape index (κ1) is 13.0. The zero-order valence-corrected chi connectivity index (χ0v) is 11.0. The highest BCUT2D eigenvalue weighted by Crippen LogP contribution is 2.27. The molecule has 0 aromatic rings. The van der Waals surface area contributed by atoms with Crippen LogP contribution in [-0.4, -0.2) is 37.2 Å². The Morgan fingerprint density at radius 2 is 2.00 bits per heavy atom. The van der Waals surface area contributed by atoms with Gasteiger partial charge in [-0.1, -0.05) is 34.1 Å². The van der Waals surface area contributed by atoms with Crippen LogP contribution >= 0.6 is 0 Å². The molecule has 0 radical (unpaired) electrons. The summed E-state index contributed by atoms with van der Waals surface area (Å²) < 4.78 is 5.95. The molecule has 0 N–H and O–H groups in total. The van der Waals surface area contributed by atoms with Crippen LogP contribution in [0.3, 0.4) is 0 Å². The Bertz CT molecular complexity index is 181. The molecule has 0 aromatic carbocycles. The molecule has 1 saturated heterocycles. The van der Waals surface area contributed by atoms with Gasteiger partial charge >= 0.3 is 0 Å². The van der Waals surface area contributed by atoms with E-state index in [1.54, 1.807) is 0 Å². The molecule has 1 rings (SSSR count). The van der Waals surface area contributed by atoms with E-state index in [1.165, 1.54) is 12.8 Å². The molecule has 1 aliphatic heterocycles. The summed E-state index contributed by atoms with van der Waals surface area (Å²) in [5, 5.41) is 0. The van der Waals surface area contributed by atoms with Gasteiger partial charge in [-0.3, -0.25) is 4.90 Å². The standard InChI is InChI=1S/C13H27NO/c1-6-7-11(4)12-13(10(2)3)15-9-8-14(12)5/h10-13H,6-9H2,1-5H3. The van der Waals surface area contributed by atoms with Crippen LogP contribution in [0, 0.1) is 11.8 Å². The first-order chi connectivity index (χ1) is 7.07. The predicted octanol–water partition coefficient (Wildman–Crippen LogP) is 2.78. The normalized spacial score (nSPS) is 30.8. The van der Waals surface area contributed by atoms with Crippen molar-refractivity contribution in [2.45, 2.75) is 52.7 Å². The molecule has 1 aliphatic rings. The highest BCUT2D eigenvalue weighted by Gasteiger charge is 2.35. The number of nitrogens with zero attached hydrogens (tertiary/aromatic N) is 1. The van der Waals surface area contributed by atoms with Crippen LogP contribution in [0.5, 0.6) is 0 Å². The van der Waals surface area contributed by atoms with Crippen LogP contribution in [0.1, 0.15) is 40.5 Å². The summed E-state index contributed by atoms with van der Waals surface area (Å²) in [6.45, 7) is 11.2. The maximum absolute atomic E-state index is 5.95. The molecule has 1 fully saturated rings. The fourth-order valence-electron chi connectivity index (χ4n) is 2.80. The first-order valence-electron chi connectivity index (χ1n) is 6.39. The molecule has 0 aliphatic carbocycles. The van der Waals surface area contributed by atoms with Crippen molar-refractivity contribution in [3.05, 3.63) is 0 Å². The quantitative estimate of drug-likeness (QED) is 0.712. The minimum absolute atomic E-state index is 0.422. The van der Waals surface area contributed by atoms with Gasteiger partial charge in [-0.25, -0.2) is 0 Å². The van der Waals surface area contributed by atoms with E-state index in [4.69, 9.17) is 4.74 Å². The summed E-state index contributed by atoms with van der Waals surface area (Å²) in [6.07, 6.45) is 3.00. The zero-order valence-electron chi connectivity index (χ0n) is 11.0. The number of hydrogen-bond donors (Lipinski definition) is 0. The van der Waals surface area contributed by atoms with E-state index in [9.17, 15) is 0 Å². The minimum Gasteiger partial charge on any atom is -0.375 e. The largest absolute Gasteiger partial charge is 0.375 e. The summed E-state index contributed by atoms with van der Waals surface area (Å²) in [7, 11) is 2.24. The molecule has 3 atom stereocenters. The molecule has 3 unspecified atom stereocenters. The summed E-state index contributed by atoms with van der Waals surface area (Å²) >= 11 is 0. The topological polar surface area (TPSA) is 12.5 Å². The van der Waals surface area contributed by atoms with E-state index in [2.05, 4.69) is 39.6 Å². The number of ether oxygens (including phenoxy) is 1. The molecule has 0 bridgehead atoms. The summed E-state index contributed by atoms with van der Waals surface area (Å²) in [5.74, 6) is 1.37. The van der Waals surface area contributed by atoms with Gasteiger partial charge in [0.15, 0.2) is 0 Å². The predicted molar refractivity (Wildman–Crippen MR) is 65.1 cm³/mol. The van der Waals surface area contributed by atoms with E-state index in [-0.39, 0.29) is 0 Å². The maximum atomic E-state index is 5.95. The Morgan fingerprint density at radius 3 is 2.53 bits per heavy atom. The third-order valence-corrected chi connectivity index (χ3v) is 3.58. The number of rotatable bonds is 4. The van der Waals surface area contributed by atoms with Gasteiger partial charge in [-0.05, 0) is 25.3 Å². The molecule has 15 heavy (non-hydrogen) atoms. The van der Waals surface area contributed by atoms with Gasteiger partial charge in [0.05, 0.1) is 12.7 Å². The average Bonchev–Trinajstić information content (AvgIpc) is 2.17. The molecule has 2 heteroatoms. The summed E-state index contributed by atoms with van der Waals surface area (Å²) in [6, 6.07) is 0.610. The van der Waals surface area contributed by atoms with Crippen LogP contribution in [0.15, 0.2) is 0 Å². The van der Waals surface area contributed by atoms with Crippen molar-refractivity contribution in [3.63, 3.8) is 0 Å². The molecule has 0 amide bonds. The third-order valence-electron chi connectivity index (χ3n) is 3.58. The lowest BCUT2D eigenvalue weighted by Gasteiger charge is -2.44. The van der Waals surface area contributed by atoms with Gasteiger partial charge in [-0.2, -0.15) is 0 Å². The second-order valence-electron chi connectivity index (χ2n) is 5.32. The fourth-order valence-corrected chi connectivity index (χ4v) is 2.80. The minimum atomic E-state index is 0.422. The second kappa shape index (κ2) is 5.86. The molecule has 0 saturated carbocycles. The molecule has 2 nitrogen and oxygen atoms in total. The van der Waals surface area contributed by atoms with Gasteiger partial charge in [-0.15, -0.1) is 0 Å². The smallest absolute Gasteiger partial charge is 0.0756 e. The van der Waals surface area contributed by atoms with Crippen molar-refractivity contribution < 1.29 is 4.74 Å². The number of morpholine rings is 1. The van der Waals surface area contributed by atoms with Gasteiger partial charge in [0.2, 0.25) is 0 Å². The lowest BCUT2D eigenvalue weighted by atomic mass is 9.85. The Morgan fingerprint density at radius 1 is 1.33 bits per heavy atom. The monoisotopic (exact) mass is 213 g/mol. The van der Waals surface area contributed by atoms with Crippen molar-refractivity contribution >= 4 is 0 Å². The molecule has 0 spiro atoms. The third kappa shape index (κ3) is 3.18. The second-order valence-corrected chi connectivity index (χ2v) is 5.32. The van der Waals surface area contributed by atoms with Gasteiger partial charge in [0.25, 0.3) is 0 Å². The number of likely N-dealkylation sites (N-methyl/N-ethyl adjacent to an activating group) is 1. The van der Waals surface area contributed by atoms with E-state index in [0.29, 0.717) is 18.1 Å². The molecular formula is C13H27NO. The summed E-state index contributed by atoms with van der Waals surface area (Å²) in [5.41, 5.74) is 0. The van der Waals surface area contributed by atoms with E-state index >= 15 is 0 Å². The Kier molecular flexibility index (Phi) is 5.07. The molecule has 1 heterocycles. The molecule has 90 valence electrons. The van der Waals surface area contributed by atoms with Crippen molar-refractivity contribution in [2.24, 2.45) is 11.8 Å². The van der Waals surface area contributed by atoms with Gasteiger partial charge in [0.1, 0.15) is 0 Å². The number of hydrogen-bond acceptors (Lipinski definition) is 2. The highest BCUT2D eigenvalue weighted by molar-refractivity contribution is 4.87. The van der Waals surface area contributed by atoms with Crippen LogP contribution in [0.4, 0.5) is 0 Å². The highest BCUT2D eigenvalue weighted by atomic mass is 16.5. The Labute approximate surface area is 95.0 Å². The van der Waals surface area contributed by atoms with E-state index in [0.717, 1.165) is 19.1 Å². The average molecular weight is 213 g/mol. The van der Waals surface area contributed by atoms with Crippen molar-refractivity contribution in [2.75, 3.05) is 20.2 Å². The van der Waals surface area contributed by atoms with Crippen LogP contribution in [0.2, 0.25) is 0 Å². The van der Waals surface area contributed by atoms with Crippen molar-refractivity contribution in [1.29, 1.82) is 0 Å². The first-order valence-corrected chi connectivity index (χ1v) is 6.39. The van der Waals surface area contributed by atoms with Crippen LogP contribution in [-0.2, 0) is 4.74 Å². The lowest BCUT2D eigenvalue weighted by Crippen LogP contribution is -2.54. The van der Waals surface area contributed by atoms with E-state index in [1.807, 2.05) is 0 Å². The lowest BCUT2D eigenvalue weighted by molar-refractivity contribution is -0.0990. The van der Waals surface area contributed by atoms with Gasteiger partial charge in [0, 0.05) is 12.6 Å². The van der Waals surface area contributed by atoms with Crippen LogP contribution < -0.4 is 0 Å². The Balaban J connectivity index is 2.67. The Hall–Kier alpha value is -0.0800.